The Kier molecular flexibility index (Phi) is 12.7. The van der Waals surface area contributed by atoms with Crippen molar-refractivity contribution in [1.29, 1.82) is 0 Å². The Hall–Kier alpha value is -0.635. The first kappa shape index (κ1) is 24.6. The first-order chi connectivity index (χ1) is 10.6. The molecule has 0 saturated heterocycles. The van der Waals surface area contributed by atoms with Crippen LogP contribution in [0.15, 0.2) is 12.1 Å². The van der Waals surface area contributed by atoms with Crippen LogP contribution in [0.2, 0.25) is 0 Å². The average molecular weight is 358 g/mol. The van der Waals surface area contributed by atoms with Gasteiger partial charge in [0.1, 0.15) is 5.76 Å². The van der Waals surface area contributed by atoms with Gasteiger partial charge in [0.2, 0.25) is 0 Å². The fourth-order valence-corrected chi connectivity index (χ4v) is 2.12. The van der Waals surface area contributed by atoms with E-state index in [-0.39, 0.29) is 10.9 Å². The predicted molar refractivity (Wildman–Crippen MR) is 107 cm³/mol. The van der Waals surface area contributed by atoms with Crippen molar-refractivity contribution >= 4 is 43.6 Å². The molecule has 0 amide bonds. The van der Waals surface area contributed by atoms with Crippen LogP contribution in [0.3, 0.4) is 0 Å². The van der Waals surface area contributed by atoms with Crippen LogP contribution in [0, 0.1) is 13.8 Å². The second kappa shape index (κ2) is 11.8. The number of aryl methyl sites for hydroxylation is 2. The van der Waals surface area contributed by atoms with Gasteiger partial charge in [0, 0.05) is 5.22 Å². The second-order valence-electron chi connectivity index (χ2n) is 5.61. The maximum absolute atomic E-state index is 5.53. The molecule has 23 heavy (non-hydrogen) atoms. The summed E-state index contributed by atoms with van der Waals surface area (Å²) in [5.41, 5.74) is 2.00. The fraction of sp³-hybridized carbons (Fsp3) is 0.556. The molecule has 0 N–H and O–H groups in total. The SMILES string of the molecule is CC.ClCCl.[B]OC(=c1c(C)cc(=C)cc1C)C(C)(C)N(C)C. The molecule has 1 aromatic carbocycles. The second-order valence-corrected chi connectivity index (χ2v) is 6.41. The number of hydrogen-bond acceptors (Lipinski definition) is 2. The number of halogens is 2. The molecule has 1 rings (SSSR count). The summed E-state index contributed by atoms with van der Waals surface area (Å²) in [6.45, 7) is 16.3. The molecule has 0 aliphatic heterocycles. The van der Waals surface area contributed by atoms with Gasteiger partial charge in [-0.2, -0.15) is 0 Å². The molecule has 0 heterocycles. The molecule has 0 fully saturated rings. The average Bonchev–Trinajstić information content (AvgIpc) is 2.45. The molecule has 1 aromatic rings. The van der Waals surface area contributed by atoms with Crippen LogP contribution >= 0.6 is 23.2 Å². The number of benzene rings is 1. The number of alkyl halides is 2. The normalized spacial score (nSPS) is 10.2. The molecular weight excluding hydrogens is 328 g/mol. The van der Waals surface area contributed by atoms with Gasteiger partial charge in [-0.3, -0.25) is 4.90 Å². The van der Waals surface area contributed by atoms with Gasteiger partial charge < -0.3 is 4.65 Å². The third-order valence-electron chi connectivity index (χ3n) is 3.61. The predicted octanol–water partition coefficient (Wildman–Crippen LogP) is 3.71. The van der Waals surface area contributed by atoms with Gasteiger partial charge in [0.15, 0.2) is 0 Å². The summed E-state index contributed by atoms with van der Waals surface area (Å²) in [6.07, 6.45) is 0. The summed E-state index contributed by atoms with van der Waals surface area (Å²) >= 11 is 9.53. The molecule has 0 spiro atoms. The maximum Gasteiger partial charge on any atom is 0.373 e. The van der Waals surface area contributed by atoms with Crippen LogP contribution in [0.1, 0.15) is 38.8 Å². The van der Waals surface area contributed by atoms with E-state index in [0.717, 1.165) is 27.3 Å². The largest absolute Gasteiger partial charge is 0.569 e. The zero-order valence-electron chi connectivity index (χ0n) is 15.8. The lowest BCUT2D eigenvalue weighted by molar-refractivity contribution is 0.225. The van der Waals surface area contributed by atoms with E-state index in [2.05, 4.69) is 39.2 Å². The third kappa shape index (κ3) is 7.20. The van der Waals surface area contributed by atoms with Crippen molar-refractivity contribution in [2.45, 2.75) is 47.1 Å². The molecule has 0 aliphatic carbocycles. The van der Waals surface area contributed by atoms with Crippen LogP contribution in [-0.4, -0.2) is 37.9 Å². The molecule has 130 valence electrons. The number of nitrogens with zero attached hydrogens (tertiary/aromatic N) is 1. The molecule has 0 aromatic heterocycles. The summed E-state index contributed by atoms with van der Waals surface area (Å²) in [7, 11) is 9.55. The molecule has 2 nitrogen and oxygen atoms in total. The van der Waals surface area contributed by atoms with E-state index >= 15 is 0 Å². The van der Waals surface area contributed by atoms with E-state index in [1.165, 1.54) is 0 Å². The van der Waals surface area contributed by atoms with Gasteiger partial charge in [-0.05, 0) is 58.1 Å². The van der Waals surface area contributed by atoms with Gasteiger partial charge in [-0.1, -0.05) is 32.6 Å². The van der Waals surface area contributed by atoms with Crippen molar-refractivity contribution < 1.29 is 4.65 Å². The standard InChI is InChI=1S/C15H22BNO.C2H6.CH2Cl2/c1-10-8-11(2)13(12(3)9-10)14(18-16)15(4,5)17(6)7;1-2;2-1-3/h8-9H,1H2,2-7H3;1-2H3;1H2. The maximum atomic E-state index is 5.53. The Balaban J connectivity index is 0. The summed E-state index contributed by atoms with van der Waals surface area (Å²) < 4.78 is 5.22. The van der Waals surface area contributed by atoms with Crippen molar-refractivity contribution in [3.05, 3.63) is 33.7 Å². The van der Waals surface area contributed by atoms with Crippen molar-refractivity contribution in [2.24, 2.45) is 0 Å². The monoisotopic (exact) mass is 357 g/mol. The molecule has 0 bridgehead atoms. The van der Waals surface area contributed by atoms with Gasteiger partial charge in [-0.15, -0.1) is 23.2 Å². The first-order valence-electron chi connectivity index (χ1n) is 7.60. The molecule has 0 unspecified atom stereocenters. The van der Waals surface area contributed by atoms with Crippen molar-refractivity contribution in [3.8, 4) is 0 Å². The van der Waals surface area contributed by atoms with Crippen LogP contribution in [0.5, 0.6) is 0 Å². The highest BCUT2D eigenvalue weighted by atomic mass is 35.5. The van der Waals surface area contributed by atoms with E-state index in [9.17, 15) is 0 Å². The molecule has 0 atom stereocenters. The minimum absolute atomic E-state index is 0.194. The lowest BCUT2D eigenvalue weighted by Gasteiger charge is -2.35. The molecule has 0 saturated carbocycles. The highest BCUT2D eigenvalue weighted by Crippen LogP contribution is 2.22. The lowest BCUT2D eigenvalue weighted by atomic mass is 9.94. The summed E-state index contributed by atoms with van der Waals surface area (Å²) in [6, 6.07) is 4.10. The van der Waals surface area contributed by atoms with Gasteiger partial charge in [0.05, 0.1) is 10.9 Å². The summed E-state index contributed by atoms with van der Waals surface area (Å²) in [4.78, 5) is 2.09. The minimum Gasteiger partial charge on any atom is -0.569 e. The Morgan fingerprint density at radius 3 is 1.78 bits per heavy atom. The summed E-state index contributed by atoms with van der Waals surface area (Å²) in [5.74, 6) is 0.780. The Morgan fingerprint density at radius 1 is 1.17 bits per heavy atom. The smallest absolute Gasteiger partial charge is 0.373 e. The topological polar surface area (TPSA) is 12.5 Å². The van der Waals surface area contributed by atoms with Crippen LogP contribution in [-0.2, 0) is 4.65 Å². The van der Waals surface area contributed by atoms with E-state index in [0.29, 0.717) is 0 Å². The van der Waals surface area contributed by atoms with Gasteiger partial charge in [-0.25, -0.2) is 0 Å². The van der Waals surface area contributed by atoms with E-state index in [1.54, 1.807) is 0 Å². The number of rotatable bonds is 3. The van der Waals surface area contributed by atoms with Crippen molar-refractivity contribution in [2.75, 3.05) is 19.4 Å². The van der Waals surface area contributed by atoms with E-state index < -0.39 is 0 Å². The molecule has 2 radical (unpaired) electrons. The summed E-state index contributed by atoms with van der Waals surface area (Å²) in [5, 5.41) is 2.27. The Morgan fingerprint density at radius 2 is 1.52 bits per heavy atom. The quantitative estimate of drug-likeness (QED) is 0.604. The lowest BCUT2D eigenvalue weighted by Crippen LogP contribution is -2.43. The van der Waals surface area contributed by atoms with Crippen LogP contribution < -0.4 is 10.4 Å². The van der Waals surface area contributed by atoms with Crippen molar-refractivity contribution in [3.63, 3.8) is 0 Å². The Labute approximate surface area is 153 Å². The van der Waals surface area contributed by atoms with Gasteiger partial charge >= 0.3 is 8.05 Å². The highest BCUT2D eigenvalue weighted by molar-refractivity contribution is 6.40. The number of likely N-dealkylation sites (N-methyl/N-ethyl adjacent to an activating group) is 1. The van der Waals surface area contributed by atoms with E-state index in [4.69, 9.17) is 35.9 Å². The fourth-order valence-electron chi connectivity index (χ4n) is 2.12. The third-order valence-corrected chi connectivity index (χ3v) is 3.61. The molecule has 0 aliphatic rings. The zero-order chi connectivity index (χ0) is 18.8. The van der Waals surface area contributed by atoms with Gasteiger partial charge in [0.25, 0.3) is 0 Å². The highest BCUT2D eigenvalue weighted by Gasteiger charge is 2.27. The van der Waals surface area contributed by atoms with Crippen molar-refractivity contribution in [1.82, 2.24) is 4.90 Å². The first-order valence-corrected chi connectivity index (χ1v) is 8.67. The number of hydrogen-bond donors (Lipinski definition) is 0. The molecule has 5 heteroatoms. The Bertz CT molecular complexity index is 542. The molecular formula is C18H30BCl2NO. The minimum atomic E-state index is -0.271. The zero-order valence-corrected chi connectivity index (χ0v) is 17.3. The van der Waals surface area contributed by atoms with E-state index in [1.807, 2.05) is 40.1 Å². The van der Waals surface area contributed by atoms with Crippen LogP contribution in [0.4, 0.5) is 0 Å². The van der Waals surface area contributed by atoms with Crippen LogP contribution in [0.25, 0.3) is 12.3 Å².